The lowest BCUT2D eigenvalue weighted by atomic mass is 10.1. The third-order valence-corrected chi connectivity index (χ3v) is 5.34. The van der Waals surface area contributed by atoms with E-state index in [9.17, 15) is 20.0 Å². The van der Waals surface area contributed by atoms with E-state index in [4.69, 9.17) is 14.2 Å². The summed E-state index contributed by atoms with van der Waals surface area (Å²) < 4.78 is 16.6. The second kappa shape index (κ2) is 10.1. The molecular formula is C22H26N2O7. The highest BCUT2D eigenvalue weighted by atomic mass is 16.6. The molecule has 9 nitrogen and oxygen atoms in total. The lowest BCUT2D eigenvalue weighted by Gasteiger charge is -2.25. The topological polar surface area (TPSA) is 111 Å². The van der Waals surface area contributed by atoms with E-state index in [1.165, 1.54) is 20.3 Å². The number of nitrogens with zero attached hydrogens (tertiary/aromatic N) is 2. The van der Waals surface area contributed by atoms with Gasteiger partial charge in [0.25, 0.3) is 5.91 Å². The number of carbonyl (C=O) groups excluding carboxylic acids is 1. The van der Waals surface area contributed by atoms with Gasteiger partial charge >= 0.3 is 5.69 Å². The fourth-order valence-corrected chi connectivity index (χ4v) is 3.87. The van der Waals surface area contributed by atoms with Crippen LogP contribution in [0.25, 0.3) is 0 Å². The van der Waals surface area contributed by atoms with Gasteiger partial charge in [0.2, 0.25) is 11.5 Å². The largest absolute Gasteiger partial charge is 0.493 e. The summed E-state index contributed by atoms with van der Waals surface area (Å²) in [6, 6.07) is 10.5. The monoisotopic (exact) mass is 430 g/mol. The van der Waals surface area contributed by atoms with Crippen LogP contribution in [0.1, 0.15) is 35.2 Å². The minimum Gasteiger partial charge on any atom is -0.493 e. The molecule has 0 aliphatic carbocycles. The van der Waals surface area contributed by atoms with Crippen LogP contribution in [0.4, 0.5) is 5.69 Å². The van der Waals surface area contributed by atoms with Crippen LogP contribution in [0.2, 0.25) is 0 Å². The molecule has 1 saturated heterocycles. The van der Waals surface area contributed by atoms with Crippen LogP contribution in [0, 0.1) is 10.1 Å². The van der Waals surface area contributed by atoms with Crippen molar-refractivity contribution < 1.29 is 29.0 Å². The molecule has 1 unspecified atom stereocenters. The molecule has 0 aromatic heterocycles. The van der Waals surface area contributed by atoms with Crippen molar-refractivity contribution in [1.29, 1.82) is 0 Å². The number of nitro benzene ring substituents is 1. The maximum atomic E-state index is 13.3. The molecule has 1 amide bonds. The minimum atomic E-state index is -0.641. The molecule has 0 saturated carbocycles. The molecule has 9 heteroatoms. The molecule has 2 aromatic rings. The smallest absolute Gasteiger partial charge is 0.327 e. The van der Waals surface area contributed by atoms with Crippen LogP contribution < -0.4 is 14.2 Å². The molecular weight excluding hydrogens is 404 g/mol. The first-order valence-electron chi connectivity index (χ1n) is 10.0. The van der Waals surface area contributed by atoms with E-state index >= 15 is 0 Å². The van der Waals surface area contributed by atoms with Crippen LogP contribution in [0.5, 0.6) is 17.2 Å². The molecule has 31 heavy (non-hydrogen) atoms. The Balaban J connectivity index is 2.04. The van der Waals surface area contributed by atoms with Crippen molar-refractivity contribution in [1.82, 2.24) is 4.90 Å². The van der Waals surface area contributed by atoms with Gasteiger partial charge in [0.05, 0.1) is 19.1 Å². The number of rotatable bonds is 9. The predicted octanol–water partition coefficient (Wildman–Crippen LogP) is 3.18. The number of methoxy groups -OCH3 is 2. The average molecular weight is 430 g/mol. The summed E-state index contributed by atoms with van der Waals surface area (Å²) in [6.45, 7) is 0.551. The standard InChI is InChI=1S/C22H26N2O7/c1-29-18-13-17(22(26)23-11-6-9-16(23)10-12-25)19(24(27)28)21(30-2)20(18)31-14-15-7-4-3-5-8-15/h3-5,7-8,13,16,25H,6,9-12,14H2,1-2H3. The zero-order valence-electron chi connectivity index (χ0n) is 17.6. The molecule has 2 aromatic carbocycles. The van der Waals surface area contributed by atoms with Gasteiger partial charge in [0.15, 0.2) is 5.75 Å². The summed E-state index contributed by atoms with van der Waals surface area (Å²) in [5, 5.41) is 21.3. The van der Waals surface area contributed by atoms with Gasteiger partial charge in [-0.1, -0.05) is 30.3 Å². The van der Waals surface area contributed by atoms with Gasteiger partial charge < -0.3 is 24.2 Å². The highest BCUT2D eigenvalue weighted by Gasteiger charge is 2.37. The Labute approximate surface area is 180 Å². The van der Waals surface area contributed by atoms with Gasteiger partial charge in [-0.25, -0.2) is 0 Å². The van der Waals surface area contributed by atoms with Crippen molar-refractivity contribution in [3.05, 3.63) is 57.6 Å². The lowest BCUT2D eigenvalue weighted by molar-refractivity contribution is -0.386. The zero-order chi connectivity index (χ0) is 22.4. The fraction of sp³-hybridized carbons (Fsp3) is 0.409. The Hall–Kier alpha value is -3.33. The maximum Gasteiger partial charge on any atom is 0.327 e. The van der Waals surface area contributed by atoms with Crippen LogP contribution in [-0.2, 0) is 6.61 Å². The summed E-state index contributed by atoms with van der Waals surface area (Å²) in [4.78, 5) is 26.2. The normalized spacial score (nSPS) is 15.6. The Bertz CT molecular complexity index is 933. The van der Waals surface area contributed by atoms with Crippen LogP contribution >= 0.6 is 0 Å². The minimum absolute atomic E-state index is 0.0601. The highest BCUT2D eigenvalue weighted by molar-refractivity contribution is 6.01. The van der Waals surface area contributed by atoms with E-state index in [0.717, 1.165) is 18.4 Å². The maximum absolute atomic E-state index is 13.3. The molecule has 3 rings (SSSR count). The van der Waals surface area contributed by atoms with Crippen LogP contribution in [0.3, 0.4) is 0 Å². The number of amides is 1. The van der Waals surface area contributed by atoms with E-state index in [1.807, 2.05) is 30.3 Å². The number of benzene rings is 2. The number of hydrogen-bond donors (Lipinski definition) is 1. The van der Waals surface area contributed by atoms with Gasteiger partial charge in [0, 0.05) is 25.3 Å². The quantitative estimate of drug-likeness (QED) is 0.480. The first kappa shape index (κ1) is 22.4. The molecule has 166 valence electrons. The summed E-state index contributed by atoms with van der Waals surface area (Å²) in [5.41, 5.74) is 0.264. The Morgan fingerprint density at radius 1 is 1.23 bits per heavy atom. The third kappa shape index (κ3) is 4.72. The number of hydrogen-bond acceptors (Lipinski definition) is 7. The Kier molecular flexibility index (Phi) is 7.30. The first-order valence-corrected chi connectivity index (χ1v) is 10.0. The van der Waals surface area contributed by atoms with Crippen molar-refractivity contribution in [2.45, 2.75) is 31.9 Å². The van der Waals surface area contributed by atoms with Gasteiger partial charge in [-0.2, -0.15) is 0 Å². The zero-order valence-corrected chi connectivity index (χ0v) is 17.6. The van der Waals surface area contributed by atoms with Gasteiger partial charge in [-0.15, -0.1) is 0 Å². The van der Waals surface area contributed by atoms with E-state index in [-0.39, 0.29) is 42.1 Å². The lowest BCUT2D eigenvalue weighted by Crippen LogP contribution is -2.36. The number of nitro groups is 1. The SMILES string of the molecule is COc1cc(C(=O)N2CCCC2CCO)c([N+](=O)[O-])c(OC)c1OCc1ccccc1. The van der Waals surface area contributed by atoms with Crippen LogP contribution in [-0.4, -0.2) is 54.3 Å². The van der Waals surface area contributed by atoms with Gasteiger partial charge in [-0.3, -0.25) is 14.9 Å². The molecule has 1 aliphatic rings. The highest BCUT2D eigenvalue weighted by Crippen LogP contribution is 2.47. The van der Waals surface area contributed by atoms with E-state index in [0.29, 0.717) is 13.0 Å². The summed E-state index contributed by atoms with van der Waals surface area (Å²) >= 11 is 0. The van der Waals surface area contributed by atoms with Crippen molar-refractivity contribution in [3.8, 4) is 17.2 Å². The number of carbonyl (C=O) groups is 1. The fourth-order valence-electron chi connectivity index (χ4n) is 3.87. The first-order chi connectivity index (χ1) is 15.0. The number of aliphatic hydroxyl groups excluding tert-OH is 1. The predicted molar refractivity (Wildman–Crippen MR) is 113 cm³/mol. The molecule has 0 bridgehead atoms. The average Bonchev–Trinajstić information content (AvgIpc) is 3.25. The second-order valence-electron chi connectivity index (χ2n) is 7.18. The van der Waals surface area contributed by atoms with Gasteiger partial charge in [-0.05, 0) is 24.8 Å². The van der Waals surface area contributed by atoms with E-state index < -0.39 is 16.5 Å². The molecule has 1 atom stereocenters. The van der Waals surface area contributed by atoms with Crippen molar-refractivity contribution in [2.24, 2.45) is 0 Å². The molecule has 1 N–H and O–H groups in total. The summed E-state index contributed by atoms with van der Waals surface area (Å²) in [6.07, 6.45) is 1.94. The second-order valence-corrected chi connectivity index (χ2v) is 7.18. The Morgan fingerprint density at radius 3 is 2.58 bits per heavy atom. The van der Waals surface area contributed by atoms with Crippen molar-refractivity contribution >= 4 is 11.6 Å². The number of likely N-dealkylation sites (tertiary alicyclic amines) is 1. The molecule has 0 spiro atoms. The van der Waals surface area contributed by atoms with Gasteiger partial charge in [0.1, 0.15) is 12.2 Å². The summed E-state index contributed by atoms with van der Waals surface area (Å²) in [5.74, 6) is -0.430. The molecule has 1 fully saturated rings. The molecule has 1 aliphatic heterocycles. The van der Waals surface area contributed by atoms with Crippen LogP contribution in [0.15, 0.2) is 36.4 Å². The summed E-state index contributed by atoms with van der Waals surface area (Å²) in [7, 11) is 2.69. The van der Waals surface area contributed by atoms with Crippen molar-refractivity contribution in [3.63, 3.8) is 0 Å². The van der Waals surface area contributed by atoms with E-state index in [1.54, 1.807) is 4.90 Å². The van der Waals surface area contributed by atoms with Crippen molar-refractivity contribution in [2.75, 3.05) is 27.4 Å². The molecule has 0 radical (unpaired) electrons. The van der Waals surface area contributed by atoms with E-state index in [2.05, 4.69) is 0 Å². The Morgan fingerprint density at radius 2 is 1.97 bits per heavy atom. The third-order valence-electron chi connectivity index (χ3n) is 5.34. The molecule has 1 heterocycles. The number of aliphatic hydroxyl groups is 1. The number of ether oxygens (including phenoxy) is 3.